The Morgan fingerprint density at radius 2 is 1.73 bits per heavy atom. The maximum Gasteiger partial charge on any atom is 0.280 e. The second-order valence-electron chi connectivity index (χ2n) is 8.24. The molecule has 0 amide bonds. The number of nitro groups is 1. The van der Waals surface area contributed by atoms with Gasteiger partial charge in [-0.25, -0.2) is 0 Å². The highest BCUT2D eigenvalue weighted by Gasteiger charge is 2.20. The van der Waals surface area contributed by atoms with Gasteiger partial charge in [-0.2, -0.15) is 0 Å². The fraction of sp³-hybridized carbons (Fsp3) is 0.269. The van der Waals surface area contributed by atoms with Crippen molar-refractivity contribution in [2.24, 2.45) is 0 Å². The molecule has 0 spiro atoms. The minimum absolute atomic E-state index is 0.0597. The number of hydrogen-bond donors (Lipinski definition) is 1. The normalized spacial score (nSPS) is 14.3. The van der Waals surface area contributed by atoms with E-state index in [0.717, 1.165) is 25.1 Å². The molecule has 0 bridgehead atoms. The lowest BCUT2D eigenvalue weighted by Crippen LogP contribution is -2.38. The molecule has 4 rings (SSSR count). The minimum Gasteiger partial charge on any atom is -0.491 e. The van der Waals surface area contributed by atoms with Crippen LogP contribution < -0.4 is 4.74 Å². The van der Waals surface area contributed by atoms with E-state index in [2.05, 4.69) is 23.1 Å². The molecule has 7 heteroatoms. The van der Waals surface area contributed by atoms with E-state index in [9.17, 15) is 20.0 Å². The molecule has 3 aromatic rings. The molecule has 0 aliphatic carbocycles. The van der Waals surface area contributed by atoms with Gasteiger partial charge in [-0.15, -0.1) is 0 Å². The summed E-state index contributed by atoms with van der Waals surface area (Å²) in [6.45, 7) is 2.45. The number of nitrogens with zero attached hydrogens (tertiary/aromatic N) is 2. The Kier molecular flexibility index (Phi) is 7.12. The molecular formula is C26H26N2O5. The number of β-amino-alcohol motifs (C(OH)–C–C–N with tert-alkyl or cyclic N) is 1. The molecule has 0 fully saturated rings. The van der Waals surface area contributed by atoms with E-state index in [1.807, 2.05) is 6.07 Å². The summed E-state index contributed by atoms with van der Waals surface area (Å²) in [7, 11) is 0. The number of benzene rings is 3. The van der Waals surface area contributed by atoms with Gasteiger partial charge >= 0.3 is 0 Å². The Morgan fingerprint density at radius 3 is 2.48 bits per heavy atom. The first kappa shape index (κ1) is 22.6. The van der Waals surface area contributed by atoms with Crippen molar-refractivity contribution in [3.63, 3.8) is 0 Å². The summed E-state index contributed by atoms with van der Waals surface area (Å²) in [5.41, 5.74) is 3.33. The zero-order chi connectivity index (χ0) is 23.2. The van der Waals surface area contributed by atoms with Gasteiger partial charge in [0.05, 0.1) is 10.5 Å². The van der Waals surface area contributed by atoms with Crippen molar-refractivity contribution in [2.75, 3.05) is 19.7 Å². The lowest BCUT2D eigenvalue weighted by atomic mass is 10.00. The minimum atomic E-state index is -0.616. The largest absolute Gasteiger partial charge is 0.491 e. The molecule has 0 saturated heterocycles. The second kappa shape index (κ2) is 10.4. The zero-order valence-electron chi connectivity index (χ0n) is 18.2. The first-order valence-electron chi connectivity index (χ1n) is 10.9. The van der Waals surface area contributed by atoms with E-state index in [0.29, 0.717) is 12.3 Å². The maximum absolute atomic E-state index is 12.5. The van der Waals surface area contributed by atoms with Crippen LogP contribution in [0.1, 0.15) is 27.0 Å². The zero-order valence-corrected chi connectivity index (χ0v) is 18.2. The standard InChI is InChI=1S/C26H26N2O5/c29-22(17-27-14-13-20-5-1-2-6-21(20)16-27)18-33-23-11-9-19(10-12-23)15-26(30)24-7-3-4-8-25(24)28(31)32/h1-12,22,29H,13-18H2. The average Bonchev–Trinajstić information content (AvgIpc) is 2.83. The first-order valence-corrected chi connectivity index (χ1v) is 10.9. The topological polar surface area (TPSA) is 92.9 Å². The van der Waals surface area contributed by atoms with Crippen LogP contribution in [0.25, 0.3) is 0 Å². The smallest absolute Gasteiger partial charge is 0.280 e. The summed E-state index contributed by atoms with van der Waals surface area (Å²) in [5.74, 6) is 0.287. The van der Waals surface area contributed by atoms with Crippen molar-refractivity contribution in [1.29, 1.82) is 0 Å². The highest BCUT2D eigenvalue weighted by molar-refractivity contribution is 6.01. The Labute approximate surface area is 192 Å². The number of nitro benzene ring substituents is 1. The molecule has 1 unspecified atom stereocenters. The lowest BCUT2D eigenvalue weighted by Gasteiger charge is -2.30. The molecular weight excluding hydrogens is 420 g/mol. The van der Waals surface area contributed by atoms with Crippen LogP contribution >= 0.6 is 0 Å². The quantitative estimate of drug-likeness (QED) is 0.305. The van der Waals surface area contributed by atoms with E-state index in [-0.39, 0.29) is 30.1 Å². The fourth-order valence-electron chi connectivity index (χ4n) is 4.11. The van der Waals surface area contributed by atoms with Gasteiger partial charge in [0.15, 0.2) is 5.78 Å². The molecule has 0 aromatic heterocycles. The van der Waals surface area contributed by atoms with Gasteiger partial charge in [-0.05, 0) is 41.3 Å². The Morgan fingerprint density at radius 1 is 1.03 bits per heavy atom. The van der Waals surface area contributed by atoms with Crippen LogP contribution in [0.15, 0.2) is 72.8 Å². The summed E-state index contributed by atoms with van der Waals surface area (Å²) >= 11 is 0. The molecule has 0 radical (unpaired) electrons. The van der Waals surface area contributed by atoms with Crippen molar-refractivity contribution in [2.45, 2.75) is 25.5 Å². The molecule has 7 nitrogen and oxygen atoms in total. The molecule has 1 aliphatic rings. The monoisotopic (exact) mass is 446 g/mol. The number of hydrogen-bond acceptors (Lipinski definition) is 6. The van der Waals surface area contributed by atoms with Gasteiger partial charge in [0.2, 0.25) is 0 Å². The van der Waals surface area contributed by atoms with Crippen molar-refractivity contribution >= 4 is 11.5 Å². The summed E-state index contributed by atoms with van der Waals surface area (Å²) in [6.07, 6.45) is 0.426. The molecule has 3 aromatic carbocycles. The Hall–Kier alpha value is -3.55. The molecule has 33 heavy (non-hydrogen) atoms. The lowest BCUT2D eigenvalue weighted by molar-refractivity contribution is -0.385. The molecule has 0 saturated carbocycles. The van der Waals surface area contributed by atoms with Crippen LogP contribution in [0.3, 0.4) is 0 Å². The van der Waals surface area contributed by atoms with E-state index >= 15 is 0 Å². The van der Waals surface area contributed by atoms with Crippen molar-refractivity contribution in [3.05, 3.63) is 105 Å². The SMILES string of the molecule is O=C(Cc1ccc(OCC(O)CN2CCc3ccccc3C2)cc1)c1ccccc1[N+](=O)[O-]. The maximum atomic E-state index is 12.5. The van der Waals surface area contributed by atoms with Crippen molar-refractivity contribution in [1.82, 2.24) is 4.90 Å². The first-order chi connectivity index (χ1) is 16.0. The van der Waals surface area contributed by atoms with Crippen LogP contribution in [-0.4, -0.2) is 46.5 Å². The fourth-order valence-corrected chi connectivity index (χ4v) is 4.11. The predicted octanol–water partition coefficient (Wildman–Crippen LogP) is 3.82. The third kappa shape index (κ3) is 5.83. The summed E-state index contributed by atoms with van der Waals surface area (Å²) < 4.78 is 5.72. The Bertz CT molecular complexity index is 1130. The van der Waals surface area contributed by atoms with E-state index in [4.69, 9.17) is 4.74 Å². The molecule has 1 aliphatic heterocycles. The van der Waals surface area contributed by atoms with E-state index < -0.39 is 11.0 Å². The van der Waals surface area contributed by atoms with Crippen LogP contribution in [0, 0.1) is 10.1 Å². The summed E-state index contributed by atoms with van der Waals surface area (Å²) in [4.78, 5) is 25.4. The summed E-state index contributed by atoms with van der Waals surface area (Å²) in [5, 5.41) is 21.6. The van der Waals surface area contributed by atoms with Crippen LogP contribution in [0.5, 0.6) is 5.75 Å². The number of ketones is 1. The number of ether oxygens (including phenoxy) is 1. The number of carbonyl (C=O) groups is 1. The van der Waals surface area contributed by atoms with Gasteiger partial charge in [0, 0.05) is 32.1 Å². The molecule has 170 valence electrons. The van der Waals surface area contributed by atoms with Gasteiger partial charge in [-0.3, -0.25) is 19.8 Å². The summed E-state index contributed by atoms with van der Waals surface area (Å²) in [6, 6.07) is 21.4. The predicted molar refractivity (Wildman–Crippen MR) is 124 cm³/mol. The average molecular weight is 447 g/mol. The van der Waals surface area contributed by atoms with Gasteiger partial charge in [0.1, 0.15) is 18.5 Å². The number of aliphatic hydroxyl groups excluding tert-OH is 1. The number of carbonyl (C=O) groups excluding carboxylic acids is 1. The highest BCUT2D eigenvalue weighted by Crippen LogP contribution is 2.21. The Balaban J connectivity index is 1.27. The highest BCUT2D eigenvalue weighted by atomic mass is 16.6. The third-order valence-corrected chi connectivity index (χ3v) is 5.81. The number of rotatable bonds is 9. The van der Waals surface area contributed by atoms with E-state index in [1.54, 1.807) is 36.4 Å². The van der Waals surface area contributed by atoms with Crippen LogP contribution in [0.2, 0.25) is 0 Å². The van der Waals surface area contributed by atoms with Gasteiger partial charge < -0.3 is 9.84 Å². The van der Waals surface area contributed by atoms with E-state index in [1.165, 1.54) is 23.3 Å². The second-order valence-corrected chi connectivity index (χ2v) is 8.24. The van der Waals surface area contributed by atoms with Crippen LogP contribution in [0.4, 0.5) is 5.69 Å². The van der Waals surface area contributed by atoms with Gasteiger partial charge in [-0.1, -0.05) is 48.5 Å². The molecule has 1 N–H and O–H groups in total. The number of fused-ring (bicyclic) bond motifs is 1. The third-order valence-electron chi connectivity index (χ3n) is 5.81. The number of aliphatic hydroxyl groups is 1. The van der Waals surface area contributed by atoms with Gasteiger partial charge in [0.25, 0.3) is 5.69 Å². The molecule has 1 heterocycles. The van der Waals surface area contributed by atoms with Crippen molar-refractivity contribution in [3.8, 4) is 5.75 Å². The number of Topliss-reactive ketones (excluding diaryl/α,β-unsaturated/α-hetero) is 1. The molecule has 1 atom stereocenters. The number of para-hydroxylation sites is 1. The van der Waals surface area contributed by atoms with Crippen molar-refractivity contribution < 1.29 is 19.6 Å². The van der Waals surface area contributed by atoms with Crippen LogP contribution in [-0.2, 0) is 19.4 Å².